The minimum atomic E-state index is -0.304. The summed E-state index contributed by atoms with van der Waals surface area (Å²) in [5, 5.41) is 0. The van der Waals surface area contributed by atoms with Gasteiger partial charge in [0, 0.05) is 6.04 Å². The lowest BCUT2D eigenvalue weighted by Crippen LogP contribution is -2.37. The summed E-state index contributed by atoms with van der Waals surface area (Å²) in [5.41, 5.74) is 4.40. The second-order valence-electron chi connectivity index (χ2n) is 6.31. The highest BCUT2D eigenvalue weighted by Gasteiger charge is 2.34. The van der Waals surface area contributed by atoms with Gasteiger partial charge < -0.3 is 4.74 Å². The van der Waals surface area contributed by atoms with E-state index in [1.807, 2.05) is 36.4 Å². The molecule has 1 atom stereocenters. The Hall–Kier alpha value is -2.13. The fourth-order valence-electron chi connectivity index (χ4n) is 3.65. The van der Waals surface area contributed by atoms with Crippen LogP contribution in [-0.2, 0) is 9.53 Å². The molecule has 0 aromatic heterocycles. The van der Waals surface area contributed by atoms with E-state index in [1.54, 1.807) is 0 Å². The van der Waals surface area contributed by atoms with Crippen LogP contribution in [0.25, 0.3) is 11.1 Å². The average Bonchev–Trinajstić information content (AvgIpc) is 2.95. The van der Waals surface area contributed by atoms with E-state index in [2.05, 4.69) is 37.8 Å². The van der Waals surface area contributed by atoms with Gasteiger partial charge in [0.1, 0.15) is 12.5 Å². The van der Waals surface area contributed by atoms with Gasteiger partial charge in [0.25, 0.3) is 0 Å². The lowest BCUT2D eigenvalue weighted by molar-refractivity contribution is -0.146. The minimum Gasteiger partial charge on any atom is -0.463 e. The standard InChI is InChI=1S/C21H25NO2/c1-4-22(5-2)15(3)14-24-21(23)20-18-12-8-6-10-16(18)17-11-7-9-13-19(17)20/h6-13,15,20H,4-5,14H2,1-3H3. The lowest BCUT2D eigenvalue weighted by atomic mass is 9.97. The number of benzene rings is 2. The third-order valence-corrected chi connectivity index (χ3v) is 4.97. The Kier molecular flexibility index (Phi) is 5.00. The molecule has 3 rings (SSSR count). The molecule has 126 valence electrons. The Labute approximate surface area is 144 Å². The highest BCUT2D eigenvalue weighted by molar-refractivity contribution is 5.93. The van der Waals surface area contributed by atoms with Crippen LogP contribution in [0.4, 0.5) is 0 Å². The predicted octanol–water partition coefficient (Wildman–Crippen LogP) is 4.07. The maximum absolute atomic E-state index is 12.8. The van der Waals surface area contributed by atoms with Crippen molar-refractivity contribution in [3.8, 4) is 11.1 Å². The molecule has 24 heavy (non-hydrogen) atoms. The summed E-state index contributed by atoms with van der Waals surface area (Å²) in [7, 11) is 0. The van der Waals surface area contributed by atoms with E-state index in [9.17, 15) is 4.79 Å². The summed E-state index contributed by atoms with van der Waals surface area (Å²) in [6.45, 7) is 8.73. The highest BCUT2D eigenvalue weighted by Crippen LogP contribution is 2.44. The molecule has 1 aliphatic carbocycles. The number of hydrogen-bond donors (Lipinski definition) is 0. The van der Waals surface area contributed by atoms with Gasteiger partial charge in [-0.25, -0.2) is 0 Å². The number of rotatable bonds is 6. The summed E-state index contributed by atoms with van der Waals surface area (Å²) >= 11 is 0. The number of ether oxygens (including phenoxy) is 1. The molecule has 0 N–H and O–H groups in total. The Bertz CT molecular complexity index is 676. The van der Waals surface area contributed by atoms with Crippen molar-refractivity contribution in [2.75, 3.05) is 19.7 Å². The fourth-order valence-corrected chi connectivity index (χ4v) is 3.65. The molecule has 0 bridgehead atoms. The second-order valence-corrected chi connectivity index (χ2v) is 6.31. The molecular formula is C21H25NO2. The number of carbonyl (C=O) groups is 1. The highest BCUT2D eigenvalue weighted by atomic mass is 16.5. The van der Waals surface area contributed by atoms with E-state index in [0.717, 1.165) is 35.3 Å². The second kappa shape index (κ2) is 7.18. The SMILES string of the molecule is CCN(CC)C(C)COC(=O)C1c2ccccc2-c2ccccc21. The van der Waals surface area contributed by atoms with Crippen molar-refractivity contribution in [3.05, 3.63) is 59.7 Å². The zero-order valence-electron chi connectivity index (χ0n) is 14.7. The Morgan fingerprint density at radius 3 is 2.00 bits per heavy atom. The van der Waals surface area contributed by atoms with Crippen molar-refractivity contribution in [2.24, 2.45) is 0 Å². The van der Waals surface area contributed by atoms with Crippen LogP contribution in [0, 0.1) is 0 Å². The van der Waals surface area contributed by atoms with Crippen molar-refractivity contribution in [1.82, 2.24) is 4.90 Å². The predicted molar refractivity (Wildman–Crippen MR) is 97.1 cm³/mol. The molecule has 0 fully saturated rings. The number of likely N-dealkylation sites (N-methyl/N-ethyl adjacent to an activating group) is 1. The molecule has 1 unspecified atom stereocenters. The van der Waals surface area contributed by atoms with Crippen LogP contribution in [0.2, 0.25) is 0 Å². The normalized spacial score (nSPS) is 14.3. The first kappa shape index (κ1) is 16.7. The summed E-state index contributed by atoms with van der Waals surface area (Å²) in [5.74, 6) is -0.451. The molecule has 0 radical (unpaired) electrons. The van der Waals surface area contributed by atoms with Gasteiger partial charge in [0.05, 0.1) is 0 Å². The zero-order valence-corrected chi connectivity index (χ0v) is 14.7. The third kappa shape index (κ3) is 2.96. The van der Waals surface area contributed by atoms with E-state index < -0.39 is 0 Å². The number of fused-ring (bicyclic) bond motifs is 3. The topological polar surface area (TPSA) is 29.5 Å². The first-order valence-corrected chi connectivity index (χ1v) is 8.76. The van der Waals surface area contributed by atoms with Gasteiger partial charge in [-0.05, 0) is 42.3 Å². The number of hydrogen-bond acceptors (Lipinski definition) is 3. The van der Waals surface area contributed by atoms with Gasteiger partial charge in [-0.2, -0.15) is 0 Å². The molecule has 2 aromatic carbocycles. The molecule has 0 heterocycles. The number of carbonyl (C=O) groups excluding carboxylic acids is 1. The molecule has 3 heteroatoms. The molecule has 0 aliphatic heterocycles. The van der Waals surface area contributed by atoms with Crippen LogP contribution in [0.1, 0.15) is 37.8 Å². The van der Waals surface area contributed by atoms with E-state index in [4.69, 9.17) is 4.74 Å². The summed E-state index contributed by atoms with van der Waals surface area (Å²) < 4.78 is 5.71. The van der Waals surface area contributed by atoms with Crippen LogP contribution in [0.5, 0.6) is 0 Å². The quantitative estimate of drug-likeness (QED) is 0.751. The van der Waals surface area contributed by atoms with Crippen molar-refractivity contribution < 1.29 is 9.53 Å². The Balaban J connectivity index is 1.80. The number of nitrogens with zero attached hydrogens (tertiary/aromatic N) is 1. The monoisotopic (exact) mass is 323 g/mol. The van der Waals surface area contributed by atoms with E-state index in [1.165, 1.54) is 0 Å². The molecule has 0 saturated heterocycles. The maximum Gasteiger partial charge on any atom is 0.318 e. The Morgan fingerprint density at radius 1 is 1.00 bits per heavy atom. The van der Waals surface area contributed by atoms with Crippen LogP contribution >= 0.6 is 0 Å². The smallest absolute Gasteiger partial charge is 0.318 e. The third-order valence-electron chi connectivity index (χ3n) is 4.97. The summed E-state index contributed by atoms with van der Waals surface area (Å²) in [4.78, 5) is 15.1. The van der Waals surface area contributed by atoms with Gasteiger partial charge in [-0.15, -0.1) is 0 Å². The molecule has 0 spiro atoms. The van der Waals surface area contributed by atoms with E-state index >= 15 is 0 Å². The van der Waals surface area contributed by atoms with Crippen molar-refractivity contribution in [3.63, 3.8) is 0 Å². The molecular weight excluding hydrogens is 298 g/mol. The lowest BCUT2D eigenvalue weighted by Gasteiger charge is -2.26. The molecule has 0 amide bonds. The largest absolute Gasteiger partial charge is 0.463 e. The zero-order chi connectivity index (χ0) is 17.1. The van der Waals surface area contributed by atoms with Gasteiger partial charge in [-0.1, -0.05) is 62.4 Å². The van der Waals surface area contributed by atoms with Gasteiger partial charge in [0.15, 0.2) is 0 Å². The maximum atomic E-state index is 12.8. The van der Waals surface area contributed by atoms with E-state index in [-0.39, 0.29) is 17.9 Å². The average molecular weight is 323 g/mol. The molecule has 3 nitrogen and oxygen atoms in total. The van der Waals surface area contributed by atoms with Crippen LogP contribution in [-0.4, -0.2) is 36.6 Å². The van der Waals surface area contributed by atoms with Crippen molar-refractivity contribution in [1.29, 1.82) is 0 Å². The van der Waals surface area contributed by atoms with Crippen molar-refractivity contribution >= 4 is 5.97 Å². The minimum absolute atomic E-state index is 0.147. The van der Waals surface area contributed by atoms with E-state index in [0.29, 0.717) is 6.61 Å². The van der Waals surface area contributed by atoms with Crippen LogP contribution < -0.4 is 0 Å². The van der Waals surface area contributed by atoms with Gasteiger partial charge >= 0.3 is 5.97 Å². The Morgan fingerprint density at radius 2 is 1.50 bits per heavy atom. The van der Waals surface area contributed by atoms with Crippen LogP contribution in [0.15, 0.2) is 48.5 Å². The van der Waals surface area contributed by atoms with Gasteiger partial charge in [0.2, 0.25) is 0 Å². The fraction of sp³-hybridized carbons (Fsp3) is 0.381. The first-order valence-electron chi connectivity index (χ1n) is 8.76. The molecule has 2 aromatic rings. The molecule has 0 saturated carbocycles. The summed E-state index contributed by atoms with van der Waals surface area (Å²) in [6.07, 6.45) is 0. The van der Waals surface area contributed by atoms with Crippen molar-refractivity contribution in [2.45, 2.75) is 32.7 Å². The molecule has 1 aliphatic rings. The first-order chi connectivity index (χ1) is 11.7. The number of esters is 1. The van der Waals surface area contributed by atoms with Crippen LogP contribution in [0.3, 0.4) is 0 Å². The summed E-state index contributed by atoms with van der Waals surface area (Å²) in [6, 6.07) is 16.5. The van der Waals surface area contributed by atoms with Gasteiger partial charge in [-0.3, -0.25) is 9.69 Å².